The van der Waals surface area contributed by atoms with Gasteiger partial charge in [-0.3, -0.25) is 4.79 Å². The number of amidine groups is 1. The number of aliphatic imine (C=N–C) groups is 1. The van der Waals surface area contributed by atoms with Gasteiger partial charge in [0.25, 0.3) is 5.91 Å². The highest BCUT2D eigenvalue weighted by atomic mass is 35.5. The molecule has 4 rings (SSSR count). The third kappa shape index (κ3) is 4.79. The van der Waals surface area contributed by atoms with Gasteiger partial charge in [0, 0.05) is 21.8 Å². The van der Waals surface area contributed by atoms with Gasteiger partial charge in [0.1, 0.15) is 0 Å². The fraction of sp³-hybridized carbons (Fsp3) is 0.300. The van der Waals surface area contributed by atoms with Crippen LogP contribution in [0, 0.1) is 0 Å². The summed E-state index contributed by atoms with van der Waals surface area (Å²) in [6, 6.07) is 14.3. The van der Waals surface area contributed by atoms with Crippen molar-refractivity contribution in [3.05, 3.63) is 69.7 Å². The number of sulfone groups is 1. The molecule has 2 saturated heterocycles. The minimum Gasteiger partial charge on any atom is -0.342 e. The Balaban J connectivity index is 1.58. The van der Waals surface area contributed by atoms with E-state index in [1.165, 1.54) is 11.8 Å². The lowest BCUT2D eigenvalue weighted by atomic mass is 10.1. The van der Waals surface area contributed by atoms with Crippen LogP contribution in [0.3, 0.4) is 0 Å². The summed E-state index contributed by atoms with van der Waals surface area (Å²) in [7, 11) is -3.09. The standard InChI is InChI=1S/C20H18Cl2N2O3S2/c21-15-7-5-13(6-8-15)9-19(25)23-20-24(10-14-3-1-2-4-16(14)22)17-11-29(26,27)12-18(17)28-20/h1-8,17-18H,9-12H2/t17-,18-/m0/s1. The summed E-state index contributed by atoms with van der Waals surface area (Å²) >= 11 is 13.6. The lowest BCUT2D eigenvalue weighted by Gasteiger charge is -2.25. The number of amides is 1. The molecular weight excluding hydrogens is 451 g/mol. The van der Waals surface area contributed by atoms with Crippen molar-refractivity contribution in [1.29, 1.82) is 0 Å². The van der Waals surface area contributed by atoms with Crippen molar-refractivity contribution < 1.29 is 13.2 Å². The molecule has 0 spiro atoms. The topological polar surface area (TPSA) is 66.8 Å². The molecule has 0 unspecified atom stereocenters. The monoisotopic (exact) mass is 468 g/mol. The number of carbonyl (C=O) groups is 1. The zero-order valence-corrected chi connectivity index (χ0v) is 18.4. The van der Waals surface area contributed by atoms with Crippen LogP contribution >= 0.6 is 35.0 Å². The minimum atomic E-state index is -3.09. The van der Waals surface area contributed by atoms with Gasteiger partial charge in [-0.1, -0.05) is 65.3 Å². The maximum absolute atomic E-state index is 12.6. The fourth-order valence-corrected chi connectivity index (χ4v) is 7.84. The normalized spacial score (nSPS) is 24.1. The van der Waals surface area contributed by atoms with Crippen LogP contribution in [0.4, 0.5) is 0 Å². The lowest BCUT2D eigenvalue weighted by molar-refractivity contribution is -0.117. The molecule has 0 radical (unpaired) electrons. The first-order valence-electron chi connectivity index (χ1n) is 9.04. The third-order valence-corrected chi connectivity index (χ3v) is 8.83. The summed E-state index contributed by atoms with van der Waals surface area (Å²) in [6.07, 6.45) is 0.162. The maximum atomic E-state index is 12.6. The van der Waals surface area contributed by atoms with Crippen LogP contribution in [0.15, 0.2) is 53.5 Å². The van der Waals surface area contributed by atoms with Crippen LogP contribution in [0.2, 0.25) is 10.0 Å². The Morgan fingerprint density at radius 2 is 1.83 bits per heavy atom. The van der Waals surface area contributed by atoms with E-state index >= 15 is 0 Å². The van der Waals surface area contributed by atoms with Crippen LogP contribution in [0.1, 0.15) is 11.1 Å². The van der Waals surface area contributed by atoms with Gasteiger partial charge in [0.2, 0.25) is 0 Å². The van der Waals surface area contributed by atoms with Crippen molar-refractivity contribution >= 4 is 55.9 Å². The first-order valence-corrected chi connectivity index (χ1v) is 12.5. The largest absolute Gasteiger partial charge is 0.342 e. The number of halogens is 2. The Bertz CT molecular complexity index is 1070. The molecule has 0 N–H and O–H groups in total. The number of nitrogens with zero attached hydrogens (tertiary/aromatic N) is 2. The van der Waals surface area contributed by atoms with Crippen LogP contribution in [-0.2, 0) is 27.6 Å². The average Bonchev–Trinajstić information content (AvgIpc) is 3.11. The van der Waals surface area contributed by atoms with E-state index in [0.717, 1.165) is 11.1 Å². The van der Waals surface area contributed by atoms with Gasteiger partial charge in [-0.25, -0.2) is 8.42 Å². The van der Waals surface area contributed by atoms with Gasteiger partial charge in [-0.05, 0) is 29.3 Å². The number of fused-ring (bicyclic) bond motifs is 1. The SMILES string of the molecule is O=C(Cc1ccc(Cl)cc1)N=C1S[C@H]2CS(=O)(=O)C[C@@H]2N1Cc1ccccc1Cl. The van der Waals surface area contributed by atoms with Crippen LogP contribution in [0.5, 0.6) is 0 Å². The number of benzene rings is 2. The molecule has 0 aromatic heterocycles. The summed E-state index contributed by atoms with van der Waals surface area (Å²) in [4.78, 5) is 18.8. The van der Waals surface area contributed by atoms with Crippen LogP contribution in [-0.4, -0.2) is 47.2 Å². The molecule has 2 atom stereocenters. The molecule has 2 aliphatic rings. The Labute approximate surface area is 184 Å². The molecule has 152 valence electrons. The van der Waals surface area contributed by atoms with Crippen molar-refractivity contribution in [1.82, 2.24) is 4.90 Å². The van der Waals surface area contributed by atoms with Crippen molar-refractivity contribution in [2.24, 2.45) is 4.99 Å². The molecule has 0 saturated carbocycles. The fourth-order valence-electron chi connectivity index (χ4n) is 3.55. The molecule has 1 amide bonds. The summed E-state index contributed by atoms with van der Waals surface area (Å²) in [5.41, 5.74) is 1.70. The number of thioether (sulfide) groups is 1. The summed E-state index contributed by atoms with van der Waals surface area (Å²) in [6.45, 7) is 0.413. The summed E-state index contributed by atoms with van der Waals surface area (Å²) in [5, 5.41) is 1.66. The van der Waals surface area contributed by atoms with Crippen molar-refractivity contribution in [3.8, 4) is 0 Å². The van der Waals surface area contributed by atoms with Crippen molar-refractivity contribution in [2.75, 3.05) is 11.5 Å². The van der Waals surface area contributed by atoms with Gasteiger partial charge >= 0.3 is 0 Å². The Morgan fingerprint density at radius 3 is 2.55 bits per heavy atom. The first kappa shape index (κ1) is 20.7. The van der Waals surface area contributed by atoms with Gasteiger partial charge in [0.15, 0.2) is 15.0 Å². The van der Waals surface area contributed by atoms with Gasteiger partial charge in [-0.2, -0.15) is 4.99 Å². The second-order valence-electron chi connectivity index (χ2n) is 7.11. The number of hydrogen-bond donors (Lipinski definition) is 0. The second kappa shape index (κ2) is 8.30. The zero-order chi connectivity index (χ0) is 20.6. The molecule has 2 aromatic rings. The Kier molecular flexibility index (Phi) is 5.93. The second-order valence-corrected chi connectivity index (χ2v) is 11.3. The molecule has 9 heteroatoms. The minimum absolute atomic E-state index is 0.0690. The van der Waals surface area contributed by atoms with E-state index in [-0.39, 0.29) is 35.1 Å². The van der Waals surface area contributed by atoms with E-state index in [1.807, 2.05) is 23.1 Å². The highest BCUT2D eigenvalue weighted by Crippen LogP contribution is 2.39. The van der Waals surface area contributed by atoms with Gasteiger partial charge in [0.05, 0.1) is 24.0 Å². The van der Waals surface area contributed by atoms with E-state index in [2.05, 4.69) is 4.99 Å². The molecule has 0 bridgehead atoms. The predicted molar refractivity (Wildman–Crippen MR) is 118 cm³/mol. The van der Waals surface area contributed by atoms with E-state index in [1.54, 1.807) is 30.3 Å². The summed E-state index contributed by atoms with van der Waals surface area (Å²) in [5.74, 6) is -0.104. The smallest absolute Gasteiger partial charge is 0.252 e. The van der Waals surface area contributed by atoms with E-state index < -0.39 is 9.84 Å². The molecule has 2 fully saturated rings. The highest BCUT2D eigenvalue weighted by molar-refractivity contribution is 8.15. The average molecular weight is 469 g/mol. The molecule has 2 aromatic carbocycles. The quantitative estimate of drug-likeness (QED) is 0.681. The van der Waals surface area contributed by atoms with Crippen molar-refractivity contribution in [2.45, 2.75) is 24.3 Å². The Morgan fingerprint density at radius 1 is 1.10 bits per heavy atom. The van der Waals surface area contributed by atoms with E-state index in [0.29, 0.717) is 21.8 Å². The number of rotatable bonds is 4. The van der Waals surface area contributed by atoms with Gasteiger partial charge < -0.3 is 4.90 Å². The molecule has 0 aliphatic carbocycles. The molecule has 2 heterocycles. The van der Waals surface area contributed by atoms with Crippen molar-refractivity contribution in [3.63, 3.8) is 0 Å². The number of hydrogen-bond acceptors (Lipinski definition) is 4. The molecule has 2 aliphatic heterocycles. The van der Waals surface area contributed by atoms with Crippen LogP contribution < -0.4 is 0 Å². The number of carbonyl (C=O) groups excluding carboxylic acids is 1. The zero-order valence-electron chi connectivity index (χ0n) is 15.3. The maximum Gasteiger partial charge on any atom is 0.252 e. The highest BCUT2D eigenvalue weighted by Gasteiger charge is 2.48. The molecule has 29 heavy (non-hydrogen) atoms. The summed E-state index contributed by atoms with van der Waals surface area (Å²) < 4.78 is 24.2. The van der Waals surface area contributed by atoms with E-state index in [9.17, 15) is 13.2 Å². The predicted octanol–water partition coefficient (Wildman–Crippen LogP) is 3.83. The lowest BCUT2D eigenvalue weighted by Crippen LogP contribution is -2.37. The van der Waals surface area contributed by atoms with Crippen LogP contribution in [0.25, 0.3) is 0 Å². The first-order chi connectivity index (χ1) is 13.8. The third-order valence-electron chi connectivity index (χ3n) is 4.96. The van der Waals surface area contributed by atoms with E-state index in [4.69, 9.17) is 23.2 Å². The Hall–Kier alpha value is -1.54. The van der Waals surface area contributed by atoms with Gasteiger partial charge in [-0.15, -0.1) is 0 Å². The molecular formula is C20H18Cl2N2O3S2. The molecule has 5 nitrogen and oxygen atoms in total.